The number of aryl methyl sites for hydroxylation is 1. The van der Waals surface area contributed by atoms with Crippen molar-refractivity contribution in [3.8, 4) is 0 Å². The normalized spacial score (nSPS) is 13.1. The highest BCUT2D eigenvalue weighted by molar-refractivity contribution is 9.10. The molecule has 0 fully saturated rings. The van der Waals surface area contributed by atoms with Gasteiger partial charge in [0.1, 0.15) is 12.6 Å². The Morgan fingerprint density at radius 2 is 1.74 bits per heavy atom. The number of halogens is 1. The molecular weight excluding hydrogens is 518 g/mol. The predicted molar refractivity (Wildman–Crippen MR) is 140 cm³/mol. The van der Waals surface area contributed by atoms with Crippen molar-refractivity contribution >= 4 is 43.5 Å². The van der Waals surface area contributed by atoms with E-state index in [0.717, 1.165) is 28.1 Å². The first kappa shape index (κ1) is 27.9. The molecule has 0 saturated heterocycles. The third-order valence-electron chi connectivity index (χ3n) is 5.60. The fourth-order valence-electron chi connectivity index (χ4n) is 3.61. The van der Waals surface area contributed by atoms with Gasteiger partial charge < -0.3 is 10.2 Å². The molecule has 0 heterocycles. The van der Waals surface area contributed by atoms with Crippen molar-refractivity contribution in [1.82, 2.24) is 10.2 Å². The van der Waals surface area contributed by atoms with Crippen molar-refractivity contribution in [3.63, 3.8) is 0 Å². The van der Waals surface area contributed by atoms with Gasteiger partial charge in [-0.15, -0.1) is 0 Å². The molecule has 9 heteroatoms. The summed E-state index contributed by atoms with van der Waals surface area (Å²) in [7, 11) is -3.75. The Balaban J connectivity index is 2.44. The average molecular weight is 553 g/mol. The van der Waals surface area contributed by atoms with Gasteiger partial charge in [-0.25, -0.2) is 8.42 Å². The number of nitrogens with one attached hydrogen (secondary N) is 1. The van der Waals surface area contributed by atoms with E-state index in [0.29, 0.717) is 16.6 Å². The zero-order chi connectivity index (χ0) is 25.5. The van der Waals surface area contributed by atoms with Gasteiger partial charge in [0.2, 0.25) is 21.8 Å². The van der Waals surface area contributed by atoms with Crippen molar-refractivity contribution in [1.29, 1.82) is 0 Å². The van der Waals surface area contributed by atoms with Crippen molar-refractivity contribution in [2.24, 2.45) is 0 Å². The molecule has 0 saturated carbocycles. The summed E-state index contributed by atoms with van der Waals surface area (Å²) in [4.78, 5) is 28.2. The number of carbonyl (C=O) groups excluding carboxylic acids is 2. The van der Waals surface area contributed by atoms with Crippen molar-refractivity contribution in [2.45, 2.75) is 59.2 Å². The fourth-order valence-corrected chi connectivity index (χ4v) is 4.84. The molecule has 2 amide bonds. The van der Waals surface area contributed by atoms with Crippen LogP contribution in [-0.4, -0.2) is 50.0 Å². The summed E-state index contributed by atoms with van der Waals surface area (Å²) in [5.41, 5.74) is 2.28. The molecule has 2 aromatic rings. The second-order valence-corrected chi connectivity index (χ2v) is 11.3. The molecule has 1 N–H and O–H groups in total. The Morgan fingerprint density at radius 3 is 2.29 bits per heavy atom. The van der Waals surface area contributed by atoms with Crippen LogP contribution in [0.1, 0.15) is 44.7 Å². The van der Waals surface area contributed by atoms with E-state index in [2.05, 4.69) is 21.2 Å². The minimum absolute atomic E-state index is 0.0355. The summed E-state index contributed by atoms with van der Waals surface area (Å²) in [5.74, 6) is -0.690. The van der Waals surface area contributed by atoms with Crippen LogP contribution in [0.3, 0.4) is 0 Å². The molecule has 0 spiro atoms. The second kappa shape index (κ2) is 12.4. The van der Waals surface area contributed by atoms with Gasteiger partial charge in [0.05, 0.1) is 11.9 Å². The first-order valence-corrected chi connectivity index (χ1v) is 14.0. The lowest BCUT2D eigenvalue weighted by atomic mass is 10.1. The highest BCUT2D eigenvalue weighted by atomic mass is 79.9. The zero-order valence-corrected chi connectivity index (χ0v) is 22.8. The van der Waals surface area contributed by atoms with Gasteiger partial charge in [-0.2, -0.15) is 0 Å². The Kier molecular flexibility index (Phi) is 10.1. The van der Waals surface area contributed by atoms with E-state index >= 15 is 0 Å². The summed E-state index contributed by atoms with van der Waals surface area (Å²) < 4.78 is 27.0. The van der Waals surface area contributed by atoms with Gasteiger partial charge >= 0.3 is 0 Å². The maximum absolute atomic E-state index is 13.6. The maximum atomic E-state index is 13.6. The summed E-state index contributed by atoms with van der Waals surface area (Å²) in [6, 6.07) is 13.7. The monoisotopic (exact) mass is 551 g/mol. The predicted octanol–water partition coefficient (Wildman–Crippen LogP) is 4.25. The molecule has 34 heavy (non-hydrogen) atoms. The summed E-state index contributed by atoms with van der Waals surface area (Å²) in [6.45, 7) is 7.48. The third kappa shape index (κ3) is 7.84. The van der Waals surface area contributed by atoms with E-state index < -0.39 is 28.5 Å². The number of hydrogen-bond donors (Lipinski definition) is 1. The van der Waals surface area contributed by atoms with Crippen LogP contribution in [0.25, 0.3) is 0 Å². The standard InChI is InChI=1S/C25H34BrN3O4S/c1-6-19(4)27-25(31)23(7-2)28(16-20-11-8-10-18(3)14-20)24(30)17-29(34(5,32)33)22-13-9-12-21(26)15-22/h8-15,19,23H,6-7,16-17H2,1-5H3,(H,27,31). The third-order valence-corrected chi connectivity index (χ3v) is 7.23. The number of rotatable bonds is 11. The number of hydrogen-bond acceptors (Lipinski definition) is 4. The highest BCUT2D eigenvalue weighted by Gasteiger charge is 2.32. The number of nitrogens with zero attached hydrogens (tertiary/aromatic N) is 2. The van der Waals surface area contributed by atoms with Gasteiger partial charge in [-0.3, -0.25) is 13.9 Å². The molecule has 2 aromatic carbocycles. The van der Waals surface area contributed by atoms with Crippen LogP contribution in [0.4, 0.5) is 5.69 Å². The minimum atomic E-state index is -3.75. The van der Waals surface area contributed by atoms with E-state index in [-0.39, 0.29) is 18.5 Å². The Labute approximate surface area is 211 Å². The first-order chi connectivity index (χ1) is 16.0. The van der Waals surface area contributed by atoms with Crippen LogP contribution >= 0.6 is 15.9 Å². The van der Waals surface area contributed by atoms with E-state index in [1.807, 2.05) is 52.0 Å². The van der Waals surface area contributed by atoms with Crippen LogP contribution in [0, 0.1) is 6.92 Å². The smallest absolute Gasteiger partial charge is 0.244 e. The lowest BCUT2D eigenvalue weighted by Crippen LogP contribution is -2.53. The molecule has 186 valence electrons. The average Bonchev–Trinajstić information content (AvgIpc) is 2.76. The summed E-state index contributed by atoms with van der Waals surface area (Å²) in [5, 5.41) is 2.96. The Hall–Kier alpha value is -2.39. The molecule has 0 bridgehead atoms. The van der Waals surface area contributed by atoms with Crippen LogP contribution in [-0.2, 0) is 26.2 Å². The molecule has 0 radical (unpaired) electrons. The zero-order valence-electron chi connectivity index (χ0n) is 20.4. The molecule has 0 aliphatic heterocycles. The van der Waals surface area contributed by atoms with Crippen LogP contribution in [0.5, 0.6) is 0 Å². The molecule has 2 atom stereocenters. The molecule has 0 aromatic heterocycles. The molecule has 7 nitrogen and oxygen atoms in total. The molecular formula is C25H34BrN3O4S. The van der Waals surface area contributed by atoms with E-state index in [9.17, 15) is 18.0 Å². The maximum Gasteiger partial charge on any atom is 0.244 e. The topological polar surface area (TPSA) is 86.8 Å². The van der Waals surface area contributed by atoms with Gasteiger partial charge in [0.25, 0.3) is 0 Å². The lowest BCUT2D eigenvalue weighted by molar-refractivity contribution is -0.140. The van der Waals surface area contributed by atoms with Crippen LogP contribution in [0.2, 0.25) is 0 Å². The number of benzene rings is 2. The molecule has 2 unspecified atom stereocenters. The number of carbonyl (C=O) groups is 2. The number of sulfonamides is 1. The van der Waals surface area contributed by atoms with E-state index in [4.69, 9.17) is 0 Å². The first-order valence-electron chi connectivity index (χ1n) is 11.3. The quantitative estimate of drug-likeness (QED) is 0.452. The fraction of sp³-hybridized carbons (Fsp3) is 0.440. The largest absolute Gasteiger partial charge is 0.352 e. The lowest BCUT2D eigenvalue weighted by Gasteiger charge is -2.33. The van der Waals surface area contributed by atoms with E-state index in [1.165, 1.54) is 4.90 Å². The van der Waals surface area contributed by atoms with Crippen molar-refractivity contribution in [2.75, 3.05) is 17.1 Å². The SMILES string of the molecule is CCC(C)NC(=O)C(CC)N(Cc1cccc(C)c1)C(=O)CN(c1cccc(Br)c1)S(C)(=O)=O. The molecule has 0 aliphatic rings. The van der Waals surface area contributed by atoms with E-state index in [1.54, 1.807) is 24.3 Å². The van der Waals surface area contributed by atoms with Crippen molar-refractivity contribution in [3.05, 3.63) is 64.1 Å². The number of anilines is 1. The Bertz CT molecular complexity index is 1110. The highest BCUT2D eigenvalue weighted by Crippen LogP contribution is 2.23. The van der Waals surface area contributed by atoms with Gasteiger partial charge in [-0.05, 0) is 50.5 Å². The van der Waals surface area contributed by atoms with Crippen LogP contribution < -0.4 is 9.62 Å². The van der Waals surface area contributed by atoms with Gasteiger partial charge in [0, 0.05) is 17.1 Å². The van der Waals surface area contributed by atoms with Gasteiger partial charge in [0.15, 0.2) is 0 Å². The van der Waals surface area contributed by atoms with Gasteiger partial charge in [-0.1, -0.05) is 65.7 Å². The minimum Gasteiger partial charge on any atom is -0.352 e. The summed E-state index contributed by atoms with van der Waals surface area (Å²) >= 11 is 3.36. The molecule has 0 aliphatic carbocycles. The Morgan fingerprint density at radius 1 is 1.06 bits per heavy atom. The van der Waals surface area contributed by atoms with Crippen molar-refractivity contribution < 1.29 is 18.0 Å². The number of amides is 2. The van der Waals surface area contributed by atoms with Crippen LogP contribution in [0.15, 0.2) is 53.0 Å². The molecule has 2 rings (SSSR count). The summed E-state index contributed by atoms with van der Waals surface area (Å²) in [6.07, 6.45) is 2.23. The second-order valence-electron chi connectivity index (χ2n) is 8.50.